The van der Waals surface area contributed by atoms with E-state index in [-0.39, 0.29) is 0 Å². The zero-order valence-electron chi connectivity index (χ0n) is 12.7. The van der Waals surface area contributed by atoms with Crippen molar-refractivity contribution in [2.45, 2.75) is 38.0 Å². The molecule has 0 amide bonds. The van der Waals surface area contributed by atoms with Crippen LogP contribution in [-0.2, 0) is 6.61 Å². The Hall–Kier alpha value is -1.84. The Morgan fingerprint density at radius 2 is 1.73 bits per heavy atom. The molecule has 116 valence electrons. The van der Waals surface area contributed by atoms with Crippen LogP contribution in [0.3, 0.4) is 0 Å². The molecule has 2 aromatic carbocycles. The molecule has 0 saturated heterocycles. The highest BCUT2D eigenvalue weighted by atomic mass is 16.5. The Morgan fingerprint density at radius 3 is 2.41 bits per heavy atom. The second-order valence-electron chi connectivity index (χ2n) is 6.02. The smallest absolute Gasteiger partial charge is 0.124 e. The maximum atomic E-state index is 10.4. The van der Waals surface area contributed by atoms with Crippen LogP contribution in [-0.4, -0.2) is 11.2 Å². The molecular formula is C19H23NO2. The van der Waals surface area contributed by atoms with E-state index in [1.807, 2.05) is 54.6 Å². The molecule has 1 aliphatic rings. The molecule has 1 saturated carbocycles. The topological polar surface area (TPSA) is 55.5 Å². The number of aliphatic hydroxyl groups is 1. The first-order valence-electron chi connectivity index (χ1n) is 7.95. The van der Waals surface area contributed by atoms with Crippen molar-refractivity contribution in [3.63, 3.8) is 0 Å². The van der Waals surface area contributed by atoms with Crippen molar-refractivity contribution < 1.29 is 9.84 Å². The molecule has 1 fully saturated rings. The lowest BCUT2D eigenvalue weighted by molar-refractivity contribution is 0.0405. The number of hydrogen-bond acceptors (Lipinski definition) is 3. The highest BCUT2D eigenvalue weighted by Gasteiger charge is 2.31. The van der Waals surface area contributed by atoms with Crippen LogP contribution >= 0.6 is 0 Å². The van der Waals surface area contributed by atoms with Crippen molar-refractivity contribution in [1.29, 1.82) is 0 Å². The van der Waals surface area contributed by atoms with E-state index in [4.69, 9.17) is 10.5 Å². The van der Waals surface area contributed by atoms with Crippen LogP contribution in [0.5, 0.6) is 5.75 Å². The first-order valence-corrected chi connectivity index (χ1v) is 7.95. The van der Waals surface area contributed by atoms with E-state index < -0.39 is 12.1 Å². The maximum absolute atomic E-state index is 10.4. The van der Waals surface area contributed by atoms with Gasteiger partial charge in [-0.25, -0.2) is 0 Å². The second kappa shape index (κ2) is 6.95. The minimum atomic E-state index is -0.491. The van der Waals surface area contributed by atoms with Gasteiger partial charge >= 0.3 is 0 Å². The summed E-state index contributed by atoms with van der Waals surface area (Å²) < 4.78 is 5.93. The molecule has 0 aromatic heterocycles. The van der Waals surface area contributed by atoms with E-state index in [2.05, 4.69) is 0 Å². The summed E-state index contributed by atoms with van der Waals surface area (Å²) in [5, 5.41) is 10.4. The van der Waals surface area contributed by atoms with Crippen LogP contribution in [0.4, 0.5) is 0 Å². The zero-order chi connectivity index (χ0) is 15.4. The zero-order valence-corrected chi connectivity index (χ0v) is 12.7. The van der Waals surface area contributed by atoms with E-state index >= 15 is 0 Å². The number of rotatable bonds is 6. The van der Waals surface area contributed by atoms with Gasteiger partial charge in [0.2, 0.25) is 0 Å². The number of aliphatic hydroxyl groups excluding tert-OH is 1. The van der Waals surface area contributed by atoms with Gasteiger partial charge in [0.25, 0.3) is 0 Å². The number of nitrogens with two attached hydrogens (primary N) is 1. The van der Waals surface area contributed by atoms with Crippen molar-refractivity contribution in [2.75, 3.05) is 0 Å². The molecule has 3 N–H and O–H groups in total. The van der Waals surface area contributed by atoms with Crippen molar-refractivity contribution >= 4 is 0 Å². The molecule has 0 aliphatic heterocycles. The Kier molecular flexibility index (Phi) is 4.76. The molecule has 0 unspecified atom stereocenters. The third kappa shape index (κ3) is 3.32. The van der Waals surface area contributed by atoms with Crippen LogP contribution in [0.25, 0.3) is 0 Å². The molecule has 22 heavy (non-hydrogen) atoms. The van der Waals surface area contributed by atoms with Gasteiger partial charge in [-0.2, -0.15) is 0 Å². The predicted molar refractivity (Wildman–Crippen MR) is 87.5 cm³/mol. The van der Waals surface area contributed by atoms with Gasteiger partial charge in [0.05, 0.1) is 12.1 Å². The minimum Gasteiger partial charge on any atom is -0.489 e. The molecule has 1 aliphatic carbocycles. The molecule has 0 bridgehead atoms. The van der Waals surface area contributed by atoms with Crippen LogP contribution in [0, 0.1) is 5.92 Å². The second-order valence-corrected chi connectivity index (χ2v) is 6.02. The van der Waals surface area contributed by atoms with Gasteiger partial charge in [-0.05, 0) is 30.4 Å². The average molecular weight is 297 g/mol. The lowest BCUT2D eigenvalue weighted by Gasteiger charge is -2.34. The van der Waals surface area contributed by atoms with E-state index in [0.29, 0.717) is 12.5 Å². The highest BCUT2D eigenvalue weighted by Crippen LogP contribution is 2.36. The fourth-order valence-corrected chi connectivity index (χ4v) is 2.88. The fourth-order valence-electron chi connectivity index (χ4n) is 2.88. The molecule has 0 radical (unpaired) electrons. The molecule has 2 aromatic rings. The van der Waals surface area contributed by atoms with Gasteiger partial charge in [-0.1, -0.05) is 55.0 Å². The summed E-state index contributed by atoms with van der Waals surface area (Å²) in [5.74, 6) is 1.09. The lowest BCUT2D eigenvalue weighted by atomic mass is 9.77. The summed E-state index contributed by atoms with van der Waals surface area (Å²) >= 11 is 0. The van der Waals surface area contributed by atoms with E-state index in [0.717, 1.165) is 29.7 Å². The SMILES string of the molecule is N[C@H](c1ccccc1OCc1ccccc1)[C@@H](O)C1CCC1. The van der Waals surface area contributed by atoms with Gasteiger partial charge in [0.15, 0.2) is 0 Å². The molecular weight excluding hydrogens is 274 g/mol. The van der Waals surface area contributed by atoms with Crippen molar-refractivity contribution in [3.05, 3.63) is 65.7 Å². The monoisotopic (exact) mass is 297 g/mol. The summed E-state index contributed by atoms with van der Waals surface area (Å²) in [5.41, 5.74) is 8.29. The average Bonchev–Trinajstić information content (AvgIpc) is 2.52. The molecule has 2 atom stereocenters. The number of benzene rings is 2. The van der Waals surface area contributed by atoms with Gasteiger partial charge in [0, 0.05) is 5.56 Å². The van der Waals surface area contributed by atoms with Crippen LogP contribution in [0.2, 0.25) is 0 Å². The fraction of sp³-hybridized carbons (Fsp3) is 0.368. The molecule has 0 heterocycles. The standard InChI is InChI=1S/C19H23NO2/c20-18(19(21)15-9-6-10-15)16-11-4-5-12-17(16)22-13-14-7-2-1-3-8-14/h1-5,7-8,11-12,15,18-19,21H,6,9-10,13,20H2/t18-,19+/m1/s1. The van der Waals surface area contributed by atoms with Gasteiger partial charge in [0.1, 0.15) is 12.4 Å². The quantitative estimate of drug-likeness (QED) is 0.859. The minimum absolute atomic E-state index is 0.331. The Balaban J connectivity index is 1.71. The summed E-state index contributed by atoms with van der Waals surface area (Å²) in [4.78, 5) is 0. The largest absolute Gasteiger partial charge is 0.489 e. The number of para-hydroxylation sites is 1. The normalized spacial score (nSPS) is 17.5. The first kappa shape index (κ1) is 15.1. The van der Waals surface area contributed by atoms with E-state index in [1.54, 1.807) is 0 Å². The van der Waals surface area contributed by atoms with Gasteiger partial charge in [-0.15, -0.1) is 0 Å². The Bertz CT molecular complexity index is 595. The maximum Gasteiger partial charge on any atom is 0.124 e. The lowest BCUT2D eigenvalue weighted by Crippen LogP contribution is -2.36. The Labute approximate surface area is 131 Å². The van der Waals surface area contributed by atoms with Crippen molar-refractivity contribution in [2.24, 2.45) is 11.7 Å². The summed E-state index contributed by atoms with van der Waals surface area (Å²) in [6.07, 6.45) is 2.85. The van der Waals surface area contributed by atoms with Gasteiger partial charge in [-0.3, -0.25) is 0 Å². The van der Waals surface area contributed by atoms with Crippen LogP contribution in [0.15, 0.2) is 54.6 Å². The summed E-state index contributed by atoms with van der Waals surface area (Å²) in [6.45, 7) is 0.504. The molecule has 3 nitrogen and oxygen atoms in total. The highest BCUT2D eigenvalue weighted by molar-refractivity contribution is 5.36. The van der Waals surface area contributed by atoms with Crippen molar-refractivity contribution in [3.8, 4) is 5.75 Å². The van der Waals surface area contributed by atoms with E-state index in [9.17, 15) is 5.11 Å². The third-order valence-electron chi connectivity index (χ3n) is 4.52. The molecule has 3 heteroatoms. The van der Waals surface area contributed by atoms with Crippen molar-refractivity contribution in [1.82, 2.24) is 0 Å². The Morgan fingerprint density at radius 1 is 1.05 bits per heavy atom. The van der Waals surface area contributed by atoms with Gasteiger partial charge < -0.3 is 15.6 Å². The summed E-state index contributed by atoms with van der Waals surface area (Å²) in [7, 11) is 0. The number of ether oxygens (including phenoxy) is 1. The predicted octanol–water partition coefficient (Wildman–Crippen LogP) is 3.43. The first-order chi connectivity index (χ1) is 10.8. The van der Waals surface area contributed by atoms with Crippen LogP contribution in [0.1, 0.15) is 36.4 Å². The van der Waals surface area contributed by atoms with Crippen LogP contribution < -0.4 is 10.5 Å². The third-order valence-corrected chi connectivity index (χ3v) is 4.52. The molecule has 3 rings (SSSR count). The van der Waals surface area contributed by atoms with E-state index in [1.165, 1.54) is 6.42 Å². The number of hydrogen-bond donors (Lipinski definition) is 2. The summed E-state index contributed by atoms with van der Waals surface area (Å²) in [6, 6.07) is 17.4. The molecule has 0 spiro atoms.